The topological polar surface area (TPSA) is 36.1 Å². The van der Waals surface area contributed by atoms with Crippen molar-refractivity contribution in [1.29, 1.82) is 0 Å². The highest BCUT2D eigenvalue weighted by atomic mass is 79.9. The Morgan fingerprint density at radius 3 is 2.96 bits per heavy atom. The number of hydrogen-bond acceptors (Lipinski definition) is 1. The van der Waals surface area contributed by atoms with E-state index in [0.29, 0.717) is 0 Å². The fraction of sp³-hybridized carbons (Fsp3) is 0.250. The van der Waals surface area contributed by atoms with Gasteiger partial charge in [-0.25, -0.2) is 0 Å². The maximum absolute atomic E-state index is 12.9. The maximum Gasteiger partial charge on any atom is 0.254 e. The first-order valence-corrected chi connectivity index (χ1v) is 9.13. The Morgan fingerprint density at radius 2 is 2.08 bits per heavy atom. The van der Waals surface area contributed by atoms with Gasteiger partial charge in [-0.15, -0.1) is 0 Å². The number of amides is 1. The highest BCUT2D eigenvalue weighted by molar-refractivity contribution is 9.10. The van der Waals surface area contributed by atoms with Crippen molar-refractivity contribution in [2.24, 2.45) is 0 Å². The van der Waals surface area contributed by atoms with E-state index in [1.807, 2.05) is 35.2 Å². The van der Waals surface area contributed by atoms with Crippen molar-refractivity contribution in [2.75, 3.05) is 6.54 Å². The molecule has 1 unspecified atom stereocenters. The van der Waals surface area contributed by atoms with Gasteiger partial charge in [-0.3, -0.25) is 4.79 Å². The van der Waals surface area contributed by atoms with Crippen LogP contribution in [0.2, 0.25) is 0 Å². The first-order chi connectivity index (χ1) is 11.7. The van der Waals surface area contributed by atoms with Crippen molar-refractivity contribution in [3.8, 4) is 0 Å². The highest BCUT2D eigenvalue weighted by Gasteiger charge is 2.30. The molecular formula is C20H19BrN2O. The first kappa shape index (κ1) is 15.5. The molecule has 0 aliphatic carbocycles. The molecule has 3 nitrogen and oxygen atoms in total. The second-order valence-electron chi connectivity index (χ2n) is 6.37. The SMILES string of the molecule is O=C(c1cccc(Br)c1)N1CCCC1Cc1c[nH]c2ccccc12. The molecule has 1 fully saturated rings. The minimum atomic E-state index is 0.138. The van der Waals surface area contributed by atoms with Gasteiger partial charge in [0.25, 0.3) is 5.91 Å². The van der Waals surface area contributed by atoms with Crippen molar-refractivity contribution >= 4 is 32.7 Å². The summed E-state index contributed by atoms with van der Waals surface area (Å²) in [5.41, 5.74) is 3.22. The normalized spacial score (nSPS) is 17.5. The molecule has 4 heteroatoms. The Labute approximate surface area is 149 Å². The predicted molar refractivity (Wildman–Crippen MR) is 100 cm³/mol. The number of para-hydroxylation sites is 1. The standard InChI is InChI=1S/C20H19BrN2O/c21-16-6-3-5-14(11-16)20(24)23-10-4-7-17(23)12-15-13-22-19-9-2-1-8-18(15)19/h1-3,5-6,8-9,11,13,17,22H,4,7,10,12H2. The van der Waals surface area contributed by atoms with Gasteiger partial charge in [0.15, 0.2) is 0 Å². The van der Waals surface area contributed by atoms with Crippen LogP contribution in [-0.2, 0) is 6.42 Å². The lowest BCUT2D eigenvalue weighted by atomic mass is 10.0. The molecule has 4 rings (SSSR count). The van der Waals surface area contributed by atoms with Gasteiger partial charge in [0.2, 0.25) is 0 Å². The zero-order valence-electron chi connectivity index (χ0n) is 13.3. The summed E-state index contributed by atoms with van der Waals surface area (Å²) >= 11 is 3.45. The molecule has 122 valence electrons. The molecule has 2 aromatic carbocycles. The van der Waals surface area contributed by atoms with E-state index < -0.39 is 0 Å². The van der Waals surface area contributed by atoms with Crippen molar-refractivity contribution < 1.29 is 4.79 Å². The summed E-state index contributed by atoms with van der Waals surface area (Å²) in [6.45, 7) is 0.846. The molecule has 0 spiro atoms. The number of aromatic nitrogens is 1. The van der Waals surface area contributed by atoms with E-state index in [4.69, 9.17) is 0 Å². The smallest absolute Gasteiger partial charge is 0.254 e. The van der Waals surface area contributed by atoms with Crippen LogP contribution in [0, 0.1) is 0 Å². The van der Waals surface area contributed by atoms with Crippen LogP contribution in [0.1, 0.15) is 28.8 Å². The maximum atomic E-state index is 12.9. The number of hydrogen-bond donors (Lipinski definition) is 1. The molecule has 1 aromatic heterocycles. The molecule has 24 heavy (non-hydrogen) atoms. The fourth-order valence-corrected chi connectivity index (χ4v) is 4.06. The molecule has 3 aromatic rings. The van der Waals surface area contributed by atoms with E-state index in [1.54, 1.807) is 0 Å². The number of likely N-dealkylation sites (tertiary alicyclic amines) is 1. The first-order valence-electron chi connectivity index (χ1n) is 8.34. The number of rotatable bonds is 3. The monoisotopic (exact) mass is 382 g/mol. The fourth-order valence-electron chi connectivity index (χ4n) is 3.66. The average Bonchev–Trinajstić information content (AvgIpc) is 3.22. The van der Waals surface area contributed by atoms with Gasteiger partial charge in [-0.2, -0.15) is 0 Å². The number of nitrogens with zero attached hydrogens (tertiary/aromatic N) is 1. The van der Waals surface area contributed by atoms with E-state index >= 15 is 0 Å². The van der Waals surface area contributed by atoms with Gasteiger partial charge in [0.1, 0.15) is 0 Å². The van der Waals surface area contributed by atoms with Gasteiger partial charge in [-0.05, 0) is 49.1 Å². The quantitative estimate of drug-likeness (QED) is 0.695. The van der Waals surface area contributed by atoms with Crippen LogP contribution in [0.15, 0.2) is 59.2 Å². The van der Waals surface area contributed by atoms with Gasteiger partial charge < -0.3 is 9.88 Å². The molecule has 1 N–H and O–H groups in total. The number of carbonyl (C=O) groups is 1. The zero-order chi connectivity index (χ0) is 16.5. The number of H-pyrrole nitrogens is 1. The van der Waals surface area contributed by atoms with Gasteiger partial charge in [-0.1, -0.05) is 40.2 Å². The van der Waals surface area contributed by atoms with E-state index in [0.717, 1.165) is 41.4 Å². The Bertz CT molecular complexity index is 886. The summed E-state index contributed by atoms with van der Waals surface area (Å²) in [4.78, 5) is 18.3. The minimum Gasteiger partial charge on any atom is -0.361 e. The van der Waals surface area contributed by atoms with E-state index in [-0.39, 0.29) is 11.9 Å². The van der Waals surface area contributed by atoms with Crippen LogP contribution in [0.5, 0.6) is 0 Å². The zero-order valence-corrected chi connectivity index (χ0v) is 14.9. The number of aromatic amines is 1. The van der Waals surface area contributed by atoms with Gasteiger partial charge in [0, 0.05) is 39.7 Å². The van der Waals surface area contributed by atoms with Crippen molar-refractivity contribution in [3.63, 3.8) is 0 Å². The lowest BCUT2D eigenvalue weighted by molar-refractivity contribution is 0.0736. The summed E-state index contributed by atoms with van der Waals surface area (Å²) in [7, 11) is 0. The number of benzene rings is 2. The van der Waals surface area contributed by atoms with Crippen LogP contribution in [0.4, 0.5) is 0 Å². The molecule has 0 radical (unpaired) electrons. The summed E-state index contributed by atoms with van der Waals surface area (Å²) in [6, 6.07) is 16.3. The largest absolute Gasteiger partial charge is 0.361 e. The molecule has 1 aliphatic heterocycles. The third-order valence-corrected chi connectivity index (χ3v) is 5.33. The molecule has 0 saturated carbocycles. The van der Waals surface area contributed by atoms with E-state index in [9.17, 15) is 4.79 Å². The van der Waals surface area contributed by atoms with Crippen molar-refractivity contribution in [2.45, 2.75) is 25.3 Å². The van der Waals surface area contributed by atoms with E-state index in [2.05, 4.69) is 45.3 Å². The van der Waals surface area contributed by atoms with Gasteiger partial charge in [0.05, 0.1) is 0 Å². The third kappa shape index (κ3) is 2.86. The molecule has 1 atom stereocenters. The summed E-state index contributed by atoms with van der Waals surface area (Å²) in [5, 5.41) is 1.26. The van der Waals surface area contributed by atoms with Crippen LogP contribution < -0.4 is 0 Å². The van der Waals surface area contributed by atoms with Crippen LogP contribution >= 0.6 is 15.9 Å². The molecule has 2 heterocycles. The molecule has 1 amide bonds. The van der Waals surface area contributed by atoms with Crippen molar-refractivity contribution in [3.05, 3.63) is 70.3 Å². The number of carbonyl (C=O) groups excluding carboxylic acids is 1. The average molecular weight is 383 g/mol. The Morgan fingerprint density at radius 1 is 1.21 bits per heavy atom. The van der Waals surface area contributed by atoms with Crippen LogP contribution in [0.3, 0.4) is 0 Å². The summed E-state index contributed by atoms with van der Waals surface area (Å²) in [6.07, 6.45) is 5.14. The summed E-state index contributed by atoms with van der Waals surface area (Å²) in [5.74, 6) is 0.138. The highest BCUT2D eigenvalue weighted by Crippen LogP contribution is 2.27. The number of fused-ring (bicyclic) bond motifs is 1. The third-order valence-electron chi connectivity index (χ3n) is 4.84. The molecule has 0 bridgehead atoms. The number of nitrogens with one attached hydrogen (secondary N) is 1. The molecule has 1 aliphatic rings. The van der Waals surface area contributed by atoms with Crippen LogP contribution in [-0.4, -0.2) is 28.4 Å². The number of halogens is 1. The van der Waals surface area contributed by atoms with E-state index in [1.165, 1.54) is 10.9 Å². The van der Waals surface area contributed by atoms with Crippen molar-refractivity contribution in [1.82, 2.24) is 9.88 Å². The summed E-state index contributed by atoms with van der Waals surface area (Å²) < 4.78 is 0.945. The molecular weight excluding hydrogens is 364 g/mol. The second-order valence-corrected chi connectivity index (χ2v) is 7.28. The Kier molecular flexibility index (Phi) is 4.15. The molecule has 1 saturated heterocycles. The van der Waals surface area contributed by atoms with Gasteiger partial charge >= 0.3 is 0 Å². The Hall–Kier alpha value is -2.07. The Balaban J connectivity index is 1.58. The van der Waals surface area contributed by atoms with Crippen LogP contribution in [0.25, 0.3) is 10.9 Å². The second kappa shape index (κ2) is 6.44. The minimum absolute atomic E-state index is 0.138. The lowest BCUT2D eigenvalue weighted by Gasteiger charge is -2.25. The lowest BCUT2D eigenvalue weighted by Crippen LogP contribution is -2.36. The predicted octanol–water partition coefficient (Wildman–Crippen LogP) is 4.78.